The summed E-state index contributed by atoms with van der Waals surface area (Å²) < 4.78 is 0. The normalized spacial score (nSPS) is 21.5. The van der Waals surface area contributed by atoms with Gasteiger partial charge in [-0.25, -0.2) is 0 Å². The van der Waals surface area contributed by atoms with Gasteiger partial charge >= 0.3 is 0 Å². The number of carbonyl (C=O) groups excluding carboxylic acids is 1. The first-order valence-electron chi connectivity index (χ1n) is 4.74. The second-order valence-electron chi connectivity index (χ2n) is 3.45. The zero-order valence-electron chi connectivity index (χ0n) is 7.81. The zero-order chi connectivity index (χ0) is 9.97. The lowest BCUT2D eigenvalue weighted by Gasteiger charge is -2.21. The molecule has 0 bridgehead atoms. The van der Waals surface area contributed by atoms with Gasteiger partial charge < -0.3 is 10.0 Å². The van der Waals surface area contributed by atoms with Gasteiger partial charge in [0.15, 0.2) is 0 Å². The van der Waals surface area contributed by atoms with E-state index in [0.29, 0.717) is 5.69 Å². The molecule has 5 nitrogen and oxygen atoms in total. The summed E-state index contributed by atoms with van der Waals surface area (Å²) >= 11 is 0. The van der Waals surface area contributed by atoms with Gasteiger partial charge in [-0.2, -0.15) is 5.10 Å². The average Bonchev–Trinajstić information content (AvgIpc) is 2.87. The topological polar surface area (TPSA) is 69.2 Å². The standard InChI is InChI=1S/C9H13N3O2/c13-6-7-2-1-5-12(7)9(14)8-3-4-10-11-8/h3-4,7,13H,1-2,5-6H2,(H,10,11)/t7-/m0/s1. The van der Waals surface area contributed by atoms with Crippen molar-refractivity contribution in [1.29, 1.82) is 0 Å². The molecule has 0 saturated carbocycles. The van der Waals surface area contributed by atoms with E-state index in [-0.39, 0.29) is 18.6 Å². The van der Waals surface area contributed by atoms with E-state index in [0.717, 1.165) is 19.4 Å². The number of aromatic amines is 1. The van der Waals surface area contributed by atoms with E-state index in [4.69, 9.17) is 5.11 Å². The summed E-state index contributed by atoms with van der Waals surface area (Å²) in [6.45, 7) is 0.767. The van der Waals surface area contributed by atoms with E-state index in [1.165, 1.54) is 0 Å². The van der Waals surface area contributed by atoms with E-state index in [2.05, 4.69) is 10.2 Å². The van der Waals surface area contributed by atoms with Gasteiger partial charge in [0.2, 0.25) is 0 Å². The Morgan fingerprint density at radius 1 is 1.79 bits per heavy atom. The van der Waals surface area contributed by atoms with Crippen molar-refractivity contribution in [2.24, 2.45) is 0 Å². The number of amides is 1. The van der Waals surface area contributed by atoms with Crippen LogP contribution in [0.25, 0.3) is 0 Å². The van der Waals surface area contributed by atoms with Crippen LogP contribution in [0.3, 0.4) is 0 Å². The number of aliphatic hydroxyl groups is 1. The van der Waals surface area contributed by atoms with Gasteiger partial charge in [-0.15, -0.1) is 0 Å². The van der Waals surface area contributed by atoms with Crippen LogP contribution in [0.2, 0.25) is 0 Å². The van der Waals surface area contributed by atoms with Crippen molar-refractivity contribution in [3.05, 3.63) is 18.0 Å². The highest BCUT2D eigenvalue weighted by Gasteiger charge is 2.29. The summed E-state index contributed by atoms with van der Waals surface area (Å²) in [6.07, 6.45) is 3.40. The van der Waals surface area contributed by atoms with Crippen molar-refractivity contribution >= 4 is 5.91 Å². The predicted molar refractivity (Wildman–Crippen MR) is 49.7 cm³/mol. The van der Waals surface area contributed by atoms with Gasteiger partial charge in [-0.1, -0.05) is 0 Å². The molecular formula is C9H13N3O2. The summed E-state index contributed by atoms with van der Waals surface area (Å²) in [6, 6.07) is 1.63. The van der Waals surface area contributed by atoms with Gasteiger partial charge in [0.05, 0.1) is 12.6 Å². The number of aromatic nitrogens is 2. The number of rotatable bonds is 2. The molecule has 1 aliphatic heterocycles. The first-order valence-corrected chi connectivity index (χ1v) is 4.74. The summed E-state index contributed by atoms with van der Waals surface area (Å²) in [5.74, 6) is -0.0703. The minimum Gasteiger partial charge on any atom is -0.394 e. The first-order chi connectivity index (χ1) is 6.83. The Morgan fingerprint density at radius 2 is 2.64 bits per heavy atom. The molecule has 0 unspecified atom stereocenters. The van der Waals surface area contributed by atoms with Crippen molar-refractivity contribution in [3.8, 4) is 0 Å². The quantitative estimate of drug-likeness (QED) is 0.698. The molecule has 1 fully saturated rings. The van der Waals surface area contributed by atoms with Crippen LogP contribution in [0.4, 0.5) is 0 Å². The second-order valence-corrected chi connectivity index (χ2v) is 3.45. The molecule has 5 heteroatoms. The molecule has 0 radical (unpaired) electrons. The van der Waals surface area contributed by atoms with E-state index in [1.54, 1.807) is 17.2 Å². The molecule has 2 heterocycles. The zero-order valence-corrected chi connectivity index (χ0v) is 7.81. The van der Waals surface area contributed by atoms with Crippen molar-refractivity contribution < 1.29 is 9.90 Å². The van der Waals surface area contributed by atoms with Crippen LogP contribution in [-0.2, 0) is 0 Å². The predicted octanol–water partition coefficient (Wildman–Crippen LogP) is 0.00660. The van der Waals surface area contributed by atoms with E-state index in [9.17, 15) is 4.79 Å². The molecule has 2 rings (SSSR count). The summed E-state index contributed by atoms with van der Waals surface area (Å²) in [5.41, 5.74) is 0.491. The third kappa shape index (κ3) is 1.50. The lowest BCUT2D eigenvalue weighted by molar-refractivity contribution is 0.0671. The Balaban J connectivity index is 2.11. The molecule has 1 aromatic heterocycles. The molecule has 0 aromatic carbocycles. The fourth-order valence-electron chi connectivity index (χ4n) is 1.82. The van der Waals surface area contributed by atoms with Gasteiger partial charge in [0.25, 0.3) is 5.91 Å². The third-order valence-electron chi connectivity index (χ3n) is 2.58. The Hall–Kier alpha value is -1.36. The maximum atomic E-state index is 11.8. The van der Waals surface area contributed by atoms with Crippen LogP contribution in [0.1, 0.15) is 23.3 Å². The highest BCUT2D eigenvalue weighted by Crippen LogP contribution is 2.18. The van der Waals surface area contributed by atoms with E-state index < -0.39 is 0 Å². The van der Waals surface area contributed by atoms with Gasteiger partial charge in [0, 0.05) is 12.7 Å². The largest absolute Gasteiger partial charge is 0.394 e. The Bertz CT molecular complexity index is 310. The number of nitrogens with zero attached hydrogens (tertiary/aromatic N) is 2. The molecule has 1 atom stereocenters. The molecule has 14 heavy (non-hydrogen) atoms. The lowest BCUT2D eigenvalue weighted by Crippen LogP contribution is -2.37. The molecule has 0 spiro atoms. The highest BCUT2D eigenvalue weighted by atomic mass is 16.3. The maximum absolute atomic E-state index is 11.8. The highest BCUT2D eigenvalue weighted by molar-refractivity contribution is 5.92. The number of carbonyl (C=O) groups is 1. The maximum Gasteiger partial charge on any atom is 0.272 e. The molecule has 2 N–H and O–H groups in total. The van der Waals surface area contributed by atoms with Crippen LogP contribution in [-0.4, -0.2) is 45.3 Å². The molecule has 0 aliphatic carbocycles. The van der Waals surface area contributed by atoms with E-state index >= 15 is 0 Å². The Labute approximate surface area is 81.7 Å². The van der Waals surface area contributed by atoms with E-state index in [1.807, 2.05) is 0 Å². The summed E-state index contributed by atoms with van der Waals surface area (Å²) in [7, 11) is 0. The van der Waals surface area contributed by atoms with Gasteiger partial charge in [0.1, 0.15) is 5.69 Å². The Morgan fingerprint density at radius 3 is 3.29 bits per heavy atom. The number of nitrogens with one attached hydrogen (secondary N) is 1. The molecule has 1 amide bonds. The number of hydrogen-bond acceptors (Lipinski definition) is 3. The van der Waals surface area contributed by atoms with Crippen molar-refractivity contribution in [1.82, 2.24) is 15.1 Å². The van der Waals surface area contributed by atoms with Crippen LogP contribution in [0.15, 0.2) is 12.3 Å². The smallest absolute Gasteiger partial charge is 0.272 e. The fourth-order valence-corrected chi connectivity index (χ4v) is 1.82. The summed E-state index contributed by atoms with van der Waals surface area (Å²) in [4.78, 5) is 13.5. The minimum absolute atomic E-state index is 0.0224. The molecule has 1 aromatic rings. The lowest BCUT2D eigenvalue weighted by atomic mass is 10.2. The first kappa shape index (κ1) is 9.21. The molecular weight excluding hydrogens is 182 g/mol. The van der Waals surface area contributed by atoms with Crippen LogP contribution in [0.5, 0.6) is 0 Å². The summed E-state index contributed by atoms with van der Waals surface area (Å²) in [5, 5.41) is 15.4. The van der Waals surface area contributed by atoms with Crippen molar-refractivity contribution in [2.45, 2.75) is 18.9 Å². The van der Waals surface area contributed by atoms with Gasteiger partial charge in [-0.3, -0.25) is 9.89 Å². The third-order valence-corrected chi connectivity index (χ3v) is 2.58. The van der Waals surface area contributed by atoms with Crippen LogP contribution < -0.4 is 0 Å². The minimum atomic E-state index is -0.0703. The Kier molecular flexibility index (Phi) is 2.49. The van der Waals surface area contributed by atoms with Gasteiger partial charge in [-0.05, 0) is 18.9 Å². The van der Waals surface area contributed by atoms with Crippen molar-refractivity contribution in [2.75, 3.05) is 13.2 Å². The fraction of sp³-hybridized carbons (Fsp3) is 0.556. The van der Waals surface area contributed by atoms with Crippen molar-refractivity contribution in [3.63, 3.8) is 0 Å². The molecule has 1 aliphatic rings. The number of aliphatic hydroxyl groups excluding tert-OH is 1. The van der Waals surface area contributed by atoms with Crippen LogP contribution in [0, 0.1) is 0 Å². The monoisotopic (exact) mass is 195 g/mol. The SMILES string of the molecule is O=C(c1ccn[nH]1)N1CCC[C@H]1CO. The molecule has 76 valence electrons. The number of hydrogen-bond donors (Lipinski definition) is 2. The molecule has 1 saturated heterocycles. The van der Waals surface area contributed by atoms with Crippen LogP contribution >= 0.6 is 0 Å². The second kappa shape index (κ2) is 3.79. The number of likely N-dealkylation sites (tertiary alicyclic amines) is 1. The average molecular weight is 195 g/mol. The number of H-pyrrole nitrogens is 1.